The first-order chi connectivity index (χ1) is 12.6. The van der Waals surface area contributed by atoms with Gasteiger partial charge in [-0.05, 0) is 48.9 Å². The minimum Gasteiger partial charge on any atom is -0.489 e. The summed E-state index contributed by atoms with van der Waals surface area (Å²) in [5.74, 6) is -0.191. The molecule has 6 nitrogen and oxygen atoms in total. The van der Waals surface area contributed by atoms with Crippen molar-refractivity contribution in [3.05, 3.63) is 89.4 Å². The molecule has 26 heavy (non-hydrogen) atoms. The van der Waals surface area contributed by atoms with Crippen LogP contribution < -0.4 is 15.6 Å². The standard InChI is InChI=1S/C20H18N2O4/c1-14-4-6-15(7-5-14)13-26-17-10-8-16(9-11-17)19(23)21-22-20(24)18-3-2-12-25-18/h2-12H,13H2,1H3,(H,21,23)(H,22,24). The van der Waals surface area contributed by atoms with Gasteiger partial charge in [-0.3, -0.25) is 20.4 Å². The summed E-state index contributed by atoms with van der Waals surface area (Å²) in [6.45, 7) is 2.48. The van der Waals surface area contributed by atoms with E-state index in [4.69, 9.17) is 9.15 Å². The zero-order valence-electron chi connectivity index (χ0n) is 14.2. The highest BCUT2D eigenvalue weighted by molar-refractivity contribution is 5.97. The smallest absolute Gasteiger partial charge is 0.305 e. The Bertz CT molecular complexity index is 869. The molecule has 2 amide bonds. The molecule has 0 saturated heterocycles. The van der Waals surface area contributed by atoms with E-state index in [1.54, 1.807) is 30.3 Å². The molecular formula is C20H18N2O4. The molecule has 132 valence electrons. The number of aryl methyl sites for hydroxylation is 1. The summed E-state index contributed by atoms with van der Waals surface area (Å²) in [6.07, 6.45) is 1.38. The average molecular weight is 350 g/mol. The fourth-order valence-electron chi connectivity index (χ4n) is 2.21. The van der Waals surface area contributed by atoms with Gasteiger partial charge in [0.2, 0.25) is 0 Å². The number of hydrazine groups is 1. The maximum Gasteiger partial charge on any atom is 0.305 e. The van der Waals surface area contributed by atoms with Crippen molar-refractivity contribution in [2.75, 3.05) is 0 Å². The van der Waals surface area contributed by atoms with E-state index in [1.807, 2.05) is 31.2 Å². The van der Waals surface area contributed by atoms with Gasteiger partial charge < -0.3 is 9.15 Å². The first-order valence-corrected chi connectivity index (χ1v) is 8.04. The lowest BCUT2D eigenvalue weighted by Gasteiger charge is -2.08. The van der Waals surface area contributed by atoms with Crippen molar-refractivity contribution in [1.82, 2.24) is 10.9 Å². The fraction of sp³-hybridized carbons (Fsp3) is 0.100. The molecule has 0 unspecified atom stereocenters. The molecule has 3 rings (SSSR count). The second-order valence-corrected chi connectivity index (χ2v) is 5.68. The van der Waals surface area contributed by atoms with Crippen molar-refractivity contribution >= 4 is 11.8 Å². The Hall–Kier alpha value is -3.54. The molecule has 0 radical (unpaired) electrons. The molecule has 2 N–H and O–H groups in total. The molecule has 0 aliphatic rings. The Balaban J connectivity index is 1.50. The molecule has 0 saturated carbocycles. The van der Waals surface area contributed by atoms with E-state index in [0.717, 1.165) is 5.56 Å². The van der Waals surface area contributed by atoms with Gasteiger partial charge in [-0.1, -0.05) is 29.8 Å². The van der Waals surface area contributed by atoms with Gasteiger partial charge in [-0.25, -0.2) is 0 Å². The number of furan rings is 1. The van der Waals surface area contributed by atoms with Crippen LogP contribution in [-0.4, -0.2) is 11.8 Å². The minimum absolute atomic E-state index is 0.116. The zero-order valence-corrected chi connectivity index (χ0v) is 14.2. The quantitative estimate of drug-likeness (QED) is 0.692. The van der Waals surface area contributed by atoms with Crippen molar-refractivity contribution in [3.8, 4) is 5.75 Å². The van der Waals surface area contributed by atoms with Gasteiger partial charge in [-0.15, -0.1) is 0 Å². The van der Waals surface area contributed by atoms with E-state index in [0.29, 0.717) is 17.9 Å². The van der Waals surface area contributed by atoms with E-state index in [2.05, 4.69) is 10.9 Å². The highest BCUT2D eigenvalue weighted by atomic mass is 16.5. The van der Waals surface area contributed by atoms with Crippen LogP contribution in [0.4, 0.5) is 0 Å². The number of amides is 2. The van der Waals surface area contributed by atoms with Crippen LogP contribution in [0.5, 0.6) is 5.75 Å². The van der Waals surface area contributed by atoms with Crippen LogP contribution in [0.2, 0.25) is 0 Å². The molecule has 0 fully saturated rings. The number of hydrogen-bond donors (Lipinski definition) is 2. The summed E-state index contributed by atoms with van der Waals surface area (Å²) in [6, 6.07) is 17.8. The number of rotatable bonds is 5. The molecular weight excluding hydrogens is 332 g/mol. The lowest BCUT2D eigenvalue weighted by molar-refractivity contribution is 0.0831. The predicted molar refractivity (Wildman–Crippen MR) is 95.6 cm³/mol. The van der Waals surface area contributed by atoms with Crippen LogP contribution in [0.3, 0.4) is 0 Å². The van der Waals surface area contributed by atoms with E-state index >= 15 is 0 Å². The summed E-state index contributed by atoms with van der Waals surface area (Å²) in [5.41, 5.74) is 7.28. The Morgan fingerprint density at radius 3 is 2.27 bits per heavy atom. The van der Waals surface area contributed by atoms with Gasteiger partial charge in [0.15, 0.2) is 5.76 Å². The monoisotopic (exact) mass is 350 g/mol. The molecule has 0 atom stereocenters. The topological polar surface area (TPSA) is 80.6 Å². The summed E-state index contributed by atoms with van der Waals surface area (Å²) < 4.78 is 10.6. The van der Waals surface area contributed by atoms with Crippen molar-refractivity contribution in [3.63, 3.8) is 0 Å². The van der Waals surface area contributed by atoms with E-state index < -0.39 is 11.8 Å². The lowest BCUT2D eigenvalue weighted by Crippen LogP contribution is -2.41. The highest BCUT2D eigenvalue weighted by Gasteiger charge is 2.11. The molecule has 0 bridgehead atoms. The third-order valence-corrected chi connectivity index (χ3v) is 3.68. The van der Waals surface area contributed by atoms with E-state index in [9.17, 15) is 9.59 Å². The molecule has 3 aromatic rings. The van der Waals surface area contributed by atoms with Crippen LogP contribution in [0.1, 0.15) is 32.0 Å². The Morgan fingerprint density at radius 2 is 1.62 bits per heavy atom. The third kappa shape index (κ3) is 4.51. The van der Waals surface area contributed by atoms with Gasteiger partial charge in [0.25, 0.3) is 5.91 Å². The fourth-order valence-corrected chi connectivity index (χ4v) is 2.21. The second kappa shape index (κ2) is 8.02. The zero-order chi connectivity index (χ0) is 18.4. The Labute approximate surface area is 150 Å². The lowest BCUT2D eigenvalue weighted by atomic mass is 10.2. The normalized spacial score (nSPS) is 10.2. The number of benzene rings is 2. The molecule has 0 spiro atoms. The molecule has 2 aromatic carbocycles. The maximum atomic E-state index is 12.0. The largest absolute Gasteiger partial charge is 0.489 e. The summed E-state index contributed by atoms with van der Waals surface area (Å²) in [4.78, 5) is 23.7. The number of ether oxygens (including phenoxy) is 1. The van der Waals surface area contributed by atoms with E-state index in [-0.39, 0.29) is 5.76 Å². The molecule has 0 aliphatic carbocycles. The predicted octanol–water partition coefficient (Wildman–Crippen LogP) is 3.24. The number of hydrogen-bond acceptors (Lipinski definition) is 4. The van der Waals surface area contributed by atoms with Crippen LogP contribution in [0.15, 0.2) is 71.3 Å². The van der Waals surface area contributed by atoms with Gasteiger partial charge in [0.1, 0.15) is 12.4 Å². The van der Waals surface area contributed by atoms with Crippen molar-refractivity contribution in [2.45, 2.75) is 13.5 Å². The van der Waals surface area contributed by atoms with Crippen molar-refractivity contribution in [2.24, 2.45) is 0 Å². The van der Waals surface area contributed by atoms with Gasteiger partial charge in [-0.2, -0.15) is 0 Å². The highest BCUT2D eigenvalue weighted by Crippen LogP contribution is 2.14. The molecule has 6 heteroatoms. The summed E-state index contributed by atoms with van der Waals surface area (Å²) in [7, 11) is 0. The Kier molecular flexibility index (Phi) is 5.34. The van der Waals surface area contributed by atoms with Crippen LogP contribution in [0, 0.1) is 6.92 Å². The third-order valence-electron chi connectivity index (χ3n) is 3.68. The number of carbonyl (C=O) groups excluding carboxylic acids is 2. The van der Waals surface area contributed by atoms with Crippen LogP contribution >= 0.6 is 0 Å². The minimum atomic E-state index is -0.526. The first-order valence-electron chi connectivity index (χ1n) is 8.04. The molecule has 1 heterocycles. The van der Waals surface area contributed by atoms with Gasteiger partial charge in [0.05, 0.1) is 6.26 Å². The van der Waals surface area contributed by atoms with Crippen molar-refractivity contribution in [1.29, 1.82) is 0 Å². The van der Waals surface area contributed by atoms with Crippen LogP contribution in [0.25, 0.3) is 0 Å². The molecule has 0 aliphatic heterocycles. The maximum absolute atomic E-state index is 12.0. The Morgan fingerprint density at radius 1 is 0.923 bits per heavy atom. The number of nitrogens with one attached hydrogen (secondary N) is 2. The second-order valence-electron chi connectivity index (χ2n) is 5.68. The van der Waals surface area contributed by atoms with Gasteiger partial charge >= 0.3 is 5.91 Å². The first kappa shape index (κ1) is 17.3. The van der Waals surface area contributed by atoms with Gasteiger partial charge in [0, 0.05) is 5.56 Å². The number of carbonyl (C=O) groups is 2. The summed E-state index contributed by atoms with van der Waals surface area (Å²) in [5, 5.41) is 0. The summed E-state index contributed by atoms with van der Waals surface area (Å²) >= 11 is 0. The SMILES string of the molecule is Cc1ccc(COc2ccc(C(=O)NNC(=O)c3ccco3)cc2)cc1. The van der Waals surface area contributed by atoms with E-state index in [1.165, 1.54) is 17.9 Å². The van der Waals surface area contributed by atoms with Crippen molar-refractivity contribution < 1.29 is 18.7 Å². The molecule has 1 aromatic heterocycles. The average Bonchev–Trinajstić information content (AvgIpc) is 3.21. The van der Waals surface area contributed by atoms with Crippen LogP contribution in [-0.2, 0) is 6.61 Å².